The molecule has 5 nitrogen and oxygen atoms in total. The normalized spacial score (nSPS) is 10.7. The summed E-state index contributed by atoms with van der Waals surface area (Å²) in [5.41, 5.74) is 3.18. The molecule has 0 unspecified atom stereocenters. The fourth-order valence-corrected chi connectivity index (χ4v) is 2.02. The lowest BCUT2D eigenvalue weighted by Crippen LogP contribution is -2.18. The largest absolute Gasteiger partial charge is 0.455 e. The van der Waals surface area contributed by atoms with Crippen molar-refractivity contribution in [2.75, 3.05) is 6.61 Å². The second-order valence-corrected chi connectivity index (χ2v) is 4.63. The Bertz CT molecular complexity index is 622. The van der Waals surface area contributed by atoms with E-state index in [0.717, 1.165) is 15.8 Å². The number of hydrazone groups is 1. The van der Waals surface area contributed by atoms with Gasteiger partial charge in [0.15, 0.2) is 0 Å². The zero-order chi connectivity index (χ0) is 14.4. The lowest BCUT2D eigenvalue weighted by molar-refractivity contribution is 0.152. The molecular formula is C14H13BrN2O3. The van der Waals surface area contributed by atoms with Crippen LogP contribution in [0.1, 0.15) is 12.7 Å². The van der Waals surface area contributed by atoms with Gasteiger partial charge in [-0.1, -0.05) is 34.1 Å². The topological polar surface area (TPSA) is 63.8 Å². The monoisotopic (exact) mass is 336 g/mol. The summed E-state index contributed by atoms with van der Waals surface area (Å²) in [5.74, 6) is 1.25. The number of carbonyl (C=O) groups is 1. The molecular weight excluding hydrogens is 324 g/mol. The molecule has 0 saturated carbocycles. The number of hydrogen-bond acceptors (Lipinski definition) is 4. The summed E-state index contributed by atoms with van der Waals surface area (Å²) in [7, 11) is 0. The van der Waals surface area contributed by atoms with Gasteiger partial charge >= 0.3 is 6.09 Å². The fourth-order valence-electron chi connectivity index (χ4n) is 1.54. The van der Waals surface area contributed by atoms with Crippen LogP contribution >= 0.6 is 15.9 Å². The van der Waals surface area contributed by atoms with Crippen LogP contribution in [0.3, 0.4) is 0 Å². The van der Waals surface area contributed by atoms with Crippen LogP contribution in [0.25, 0.3) is 11.3 Å². The summed E-state index contributed by atoms with van der Waals surface area (Å²) < 4.78 is 11.2. The number of ether oxygens (including phenoxy) is 1. The standard InChI is InChI=1S/C14H13BrN2O3/c1-2-19-14(18)17-16-9-10-7-8-13(20-10)11-5-3-4-6-12(11)15/h3-9H,2H2,1H3,(H,17,18)/b16-9-. The van der Waals surface area contributed by atoms with Gasteiger partial charge in [0.05, 0.1) is 12.8 Å². The van der Waals surface area contributed by atoms with Crippen LogP contribution in [0.15, 0.2) is 50.4 Å². The van der Waals surface area contributed by atoms with E-state index in [1.54, 1.807) is 13.0 Å². The average Bonchev–Trinajstić information content (AvgIpc) is 2.88. The quantitative estimate of drug-likeness (QED) is 0.682. The molecule has 6 heteroatoms. The number of rotatable bonds is 4. The summed E-state index contributed by atoms with van der Waals surface area (Å²) in [6.45, 7) is 2.02. The molecule has 1 aromatic carbocycles. The molecule has 0 bridgehead atoms. The van der Waals surface area contributed by atoms with Crippen molar-refractivity contribution in [3.8, 4) is 11.3 Å². The summed E-state index contributed by atoms with van der Waals surface area (Å²) >= 11 is 3.46. The molecule has 0 atom stereocenters. The van der Waals surface area contributed by atoms with Crippen molar-refractivity contribution in [2.45, 2.75) is 6.92 Å². The summed E-state index contributed by atoms with van der Waals surface area (Å²) in [6, 6.07) is 11.4. The van der Waals surface area contributed by atoms with Gasteiger partial charge in [0.2, 0.25) is 0 Å². The molecule has 20 heavy (non-hydrogen) atoms. The van der Waals surface area contributed by atoms with Crippen LogP contribution in [0, 0.1) is 0 Å². The Labute approximate surface area is 124 Å². The number of furan rings is 1. The Morgan fingerprint density at radius 2 is 2.20 bits per heavy atom. The molecule has 1 aromatic heterocycles. The van der Waals surface area contributed by atoms with Crippen LogP contribution in [0.4, 0.5) is 4.79 Å². The Hall–Kier alpha value is -2.08. The van der Waals surface area contributed by atoms with Crippen molar-refractivity contribution in [2.24, 2.45) is 5.10 Å². The predicted molar refractivity (Wildman–Crippen MR) is 79.6 cm³/mol. The minimum Gasteiger partial charge on any atom is -0.455 e. The number of hydrogen-bond donors (Lipinski definition) is 1. The number of halogens is 1. The lowest BCUT2D eigenvalue weighted by Gasteiger charge is -1.99. The third kappa shape index (κ3) is 3.71. The Morgan fingerprint density at radius 3 is 2.95 bits per heavy atom. The molecule has 0 radical (unpaired) electrons. The van der Waals surface area contributed by atoms with Gasteiger partial charge in [-0.25, -0.2) is 10.2 Å². The summed E-state index contributed by atoms with van der Waals surface area (Å²) in [4.78, 5) is 11.0. The van der Waals surface area contributed by atoms with Gasteiger partial charge in [-0.15, -0.1) is 0 Å². The van der Waals surface area contributed by atoms with E-state index in [0.29, 0.717) is 12.4 Å². The van der Waals surface area contributed by atoms with E-state index in [4.69, 9.17) is 4.42 Å². The Kier molecular flexibility index (Phi) is 4.95. The molecule has 0 spiro atoms. The maximum atomic E-state index is 11.0. The minimum absolute atomic E-state index is 0.300. The molecule has 1 heterocycles. The van der Waals surface area contributed by atoms with E-state index in [1.807, 2.05) is 30.3 Å². The van der Waals surface area contributed by atoms with Gasteiger partial charge in [0.1, 0.15) is 11.5 Å². The highest BCUT2D eigenvalue weighted by atomic mass is 79.9. The van der Waals surface area contributed by atoms with E-state index in [2.05, 4.69) is 31.2 Å². The average molecular weight is 337 g/mol. The van der Waals surface area contributed by atoms with Gasteiger partial charge in [0, 0.05) is 10.0 Å². The molecule has 0 aliphatic carbocycles. The van der Waals surface area contributed by atoms with Gasteiger partial charge in [-0.2, -0.15) is 5.10 Å². The molecule has 0 fully saturated rings. The molecule has 0 aliphatic heterocycles. The number of nitrogens with one attached hydrogen (secondary N) is 1. The second kappa shape index (κ2) is 6.91. The van der Waals surface area contributed by atoms with E-state index in [1.165, 1.54) is 6.21 Å². The van der Waals surface area contributed by atoms with Crippen LogP contribution in [-0.4, -0.2) is 18.9 Å². The van der Waals surface area contributed by atoms with Crippen molar-refractivity contribution in [1.82, 2.24) is 5.43 Å². The first-order valence-electron chi connectivity index (χ1n) is 6.01. The number of carbonyl (C=O) groups excluding carboxylic acids is 1. The molecule has 1 N–H and O–H groups in total. The SMILES string of the molecule is CCOC(=O)N/N=C\c1ccc(-c2ccccc2Br)o1. The van der Waals surface area contributed by atoms with E-state index in [-0.39, 0.29) is 0 Å². The van der Waals surface area contributed by atoms with Crippen molar-refractivity contribution in [3.63, 3.8) is 0 Å². The van der Waals surface area contributed by atoms with Gasteiger partial charge in [-0.05, 0) is 25.1 Å². The van der Waals surface area contributed by atoms with Crippen molar-refractivity contribution >= 4 is 28.2 Å². The highest BCUT2D eigenvalue weighted by molar-refractivity contribution is 9.10. The number of nitrogens with zero attached hydrogens (tertiary/aromatic N) is 1. The molecule has 104 valence electrons. The van der Waals surface area contributed by atoms with E-state index in [9.17, 15) is 4.79 Å². The van der Waals surface area contributed by atoms with Crippen LogP contribution in [0.5, 0.6) is 0 Å². The number of benzene rings is 1. The predicted octanol–water partition coefficient (Wildman–Crippen LogP) is 3.79. The molecule has 2 aromatic rings. The first-order valence-corrected chi connectivity index (χ1v) is 6.80. The maximum absolute atomic E-state index is 11.0. The third-order valence-electron chi connectivity index (χ3n) is 2.39. The van der Waals surface area contributed by atoms with Gasteiger partial charge in [-0.3, -0.25) is 0 Å². The van der Waals surface area contributed by atoms with Crippen LogP contribution in [0.2, 0.25) is 0 Å². The highest BCUT2D eigenvalue weighted by Crippen LogP contribution is 2.28. The first kappa shape index (κ1) is 14.3. The maximum Gasteiger partial charge on any atom is 0.427 e. The first-order chi connectivity index (χ1) is 9.70. The van der Waals surface area contributed by atoms with Crippen LogP contribution < -0.4 is 5.43 Å². The van der Waals surface area contributed by atoms with E-state index >= 15 is 0 Å². The van der Waals surface area contributed by atoms with Crippen molar-refractivity contribution in [3.05, 3.63) is 46.6 Å². The minimum atomic E-state index is -0.596. The van der Waals surface area contributed by atoms with Gasteiger partial charge < -0.3 is 9.15 Å². The summed E-state index contributed by atoms with van der Waals surface area (Å²) in [5, 5.41) is 3.73. The lowest BCUT2D eigenvalue weighted by atomic mass is 10.2. The Morgan fingerprint density at radius 1 is 1.40 bits per heavy atom. The molecule has 1 amide bonds. The number of amides is 1. The Balaban J connectivity index is 2.05. The molecule has 0 aliphatic rings. The molecule has 0 saturated heterocycles. The van der Waals surface area contributed by atoms with Crippen LogP contribution in [-0.2, 0) is 4.74 Å². The van der Waals surface area contributed by atoms with Gasteiger partial charge in [0.25, 0.3) is 0 Å². The van der Waals surface area contributed by atoms with Crippen molar-refractivity contribution in [1.29, 1.82) is 0 Å². The zero-order valence-electron chi connectivity index (χ0n) is 10.8. The zero-order valence-corrected chi connectivity index (χ0v) is 12.4. The highest BCUT2D eigenvalue weighted by Gasteiger charge is 2.06. The smallest absolute Gasteiger partial charge is 0.427 e. The third-order valence-corrected chi connectivity index (χ3v) is 3.08. The van der Waals surface area contributed by atoms with E-state index < -0.39 is 6.09 Å². The summed E-state index contributed by atoms with van der Waals surface area (Å²) in [6.07, 6.45) is 0.818. The molecule has 2 rings (SSSR count). The fraction of sp³-hybridized carbons (Fsp3) is 0.143. The van der Waals surface area contributed by atoms with Crippen molar-refractivity contribution < 1.29 is 13.9 Å². The second-order valence-electron chi connectivity index (χ2n) is 3.77.